The minimum Gasteiger partial charge on any atom is -0.480 e. The molecule has 4 atom stereocenters. The van der Waals surface area contributed by atoms with Gasteiger partial charge in [0, 0.05) is 0 Å². The second-order valence-corrected chi connectivity index (χ2v) is 7.19. The Morgan fingerprint density at radius 2 is 1.71 bits per heavy atom. The van der Waals surface area contributed by atoms with Crippen LogP contribution in [0.5, 0.6) is 0 Å². The van der Waals surface area contributed by atoms with Crippen LogP contribution in [-0.2, 0) is 9.59 Å². The number of benzene rings is 1. The monoisotopic (exact) mass is 389 g/mol. The third kappa shape index (κ3) is 4.16. The number of amides is 1. The number of nitrogens with one attached hydrogen (secondary N) is 2. The lowest BCUT2D eigenvalue weighted by atomic mass is 9.95. The molecule has 0 spiro atoms. The van der Waals surface area contributed by atoms with Crippen LogP contribution in [0.4, 0.5) is 0 Å². The predicted molar refractivity (Wildman–Crippen MR) is 106 cm³/mol. The number of rotatable bonds is 8. The topological polar surface area (TPSA) is 121 Å². The van der Waals surface area contributed by atoms with Gasteiger partial charge >= 0.3 is 11.7 Å². The maximum absolute atomic E-state index is 13.0. The molecule has 1 aromatic carbocycles. The van der Waals surface area contributed by atoms with Crippen LogP contribution in [0.3, 0.4) is 0 Å². The van der Waals surface area contributed by atoms with Gasteiger partial charge < -0.3 is 15.4 Å². The van der Waals surface area contributed by atoms with Gasteiger partial charge in [-0.15, -0.1) is 0 Å². The van der Waals surface area contributed by atoms with E-state index in [0.717, 1.165) is 4.57 Å². The molecular weight excluding hydrogens is 362 g/mol. The molecule has 0 saturated heterocycles. The second-order valence-electron chi connectivity index (χ2n) is 7.19. The van der Waals surface area contributed by atoms with E-state index in [4.69, 9.17) is 0 Å². The molecule has 1 heterocycles. The summed E-state index contributed by atoms with van der Waals surface area (Å²) in [5.41, 5.74) is -0.880. The lowest BCUT2D eigenvalue weighted by Crippen LogP contribution is -2.52. The van der Waals surface area contributed by atoms with Crippen LogP contribution in [0.25, 0.3) is 10.9 Å². The summed E-state index contributed by atoms with van der Waals surface area (Å²) >= 11 is 0. The zero-order chi connectivity index (χ0) is 21.0. The van der Waals surface area contributed by atoms with Crippen molar-refractivity contribution in [3.8, 4) is 0 Å². The van der Waals surface area contributed by atoms with E-state index in [1.54, 1.807) is 38.1 Å². The van der Waals surface area contributed by atoms with E-state index in [0.29, 0.717) is 23.7 Å². The Hall–Kier alpha value is -2.90. The number of carboxylic acid groups (broad SMARTS) is 1. The third-order valence-electron chi connectivity index (χ3n) is 5.34. The van der Waals surface area contributed by atoms with Crippen molar-refractivity contribution in [2.45, 2.75) is 52.6 Å². The number of aromatic nitrogens is 2. The fourth-order valence-corrected chi connectivity index (χ4v) is 3.20. The first kappa shape index (κ1) is 21.4. The number of hydrogen-bond donors (Lipinski definition) is 3. The number of hydrogen-bond acceptors (Lipinski definition) is 4. The van der Waals surface area contributed by atoms with Crippen molar-refractivity contribution in [3.05, 3.63) is 45.1 Å². The maximum atomic E-state index is 13.0. The summed E-state index contributed by atoms with van der Waals surface area (Å²) in [6.45, 7) is 7.16. The predicted octanol–water partition coefficient (Wildman–Crippen LogP) is 1.89. The van der Waals surface area contributed by atoms with Crippen LogP contribution >= 0.6 is 0 Å². The summed E-state index contributed by atoms with van der Waals surface area (Å²) in [5, 5.41) is 12.3. The first-order chi connectivity index (χ1) is 13.2. The molecule has 3 N–H and O–H groups in total. The van der Waals surface area contributed by atoms with Gasteiger partial charge in [-0.1, -0.05) is 52.7 Å². The van der Waals surface area contributed by atoms with Gasteiger partial charge in [0.25, 0.3) is 5.56 Å². The number of carbonyl (C=O) groups is 2. The largest absolute Gasteiger partial charge is 0.480 e. The molecular formula is C20H27N3O5. The van der Waals surface area contributed by atoms with Crippen molar-refractivity contribution in [2.24, 2.45) is 11.8 Å². The molecule has 0 aliphatic carbocycles. The zero-order valence-electron chi connectivity index (χ0n) is 16.6. The summed E-state index contributed by atoms with van der Waals surface area (Å²) in [5.74, 6) is -2.45. The Balaban J connectivity index is 2.57. The molecule has 1 amide bonds. The van der Waals surface area contributed by atoms with E-state index in [-0.39, 0.29) is 11.8 Å². The van der Waals surface area contributed by atoms with E-state index < -0.39 is 35.2 Å². The molecule has 152 valence electrons. The van der Waals surface area contributed by atoms with Crippen LogP contribution in [0.15, 0.2) is 33.9 Å². The number of aromatic amines is 1. The molecule has 8 heteroatoms. The standard InChI is InChI=1S/C20H27N3O5/c1-5-11(3)15(19(26)27)22-17(24)16(12(4)6-2)23-18(25)13-9-7-8-10-14(13)21-20(23)28/h7-12,15-16H,5-6H2,1-4H3,(H,21,28)(H,22,24)(H,26,27)/t11-,12+,15+,16+/m1/s1. The second kappa shape index (κ2) is 8.86. The summed E-state index contributed by atoms with van der Waals surface area (Å²) in [6.07, 6.45) is 1.08. The number of aliphatic carboxylic acids is 1. The average Bonchev–Trinajstić information content (AvgIpc) is 2.67. The van der Waals surface area contributed by atoms with E-state index in [1.165, 1.54) is 0 Å². The molecule has 0 aliphatic rings. The molecule has 0 aliphatic heterocycles. The SMILES string of the molecule is CC[C@@H](C)[C@H](NC(=O)[C@H]([C@@H](C)CC)n1c(=O)[nH]c2ccccc2c1=O)C(=O)O. The highest BCUT2D eigenvalue weighted by molar-refractivity contribution is 5.86. The lowest BCUT2D eigenvalue weighted by Gasteiger charge is -2.27. The molecule has 0 radical (unpaired) electrons. The number of fused-ring (bicyclic) bond motifs is 1. The Morgan fingerprint density at radius 3 is 2.29 bits per heavy atom. The van der Waals surface area contributed by atoms with Crippen LogP contribution < -0.4 is 16.6 Å². The molecule has 8 nitrogen and oxygen atoms in total. The molecule has 0 bridgehead atoms. The molecule has 0 saturated carbocycles. The minimum atomic E-state index is -1.15. The number of H-pyrrole nitrogens is 1. The maximum Gasteiger partial charge on any atom is 0.329 e. The number of carbonyl (C=O) groups excluding carboxylic acids is 1. The smallest absolute Gasteiger partial charge is 0.329 e. The summed E-state index contributed by atoms with van der Waals surface area (Å²) in [4.78, 5) is 52.9. The first-order valence-electron chi connectivity index (χ1n) is 9.49. The van der Waals surface area contributed by atoms with Gasteiger partial charge in [0.2, 0.25) is 5.91 Å². The number of nitrogens with zero attached hydrogens (tertiary/aromatic N) is 1. The normalized spacial score (nSPS) is 15.6. The van der Waals surface area contributed by atoms with Crippen molar-refractivity contribution < 1.29 is 14.7 Å². The Morgan fingerprint density at radius 1 is 1.11 bits per heavy atom. The molecule has 2 aromatic rings. The molecule has 28 heavy (non-hydrogen) atoms. The van der Waals surface area contributed by atoms with Gasteiger partial charge in [0.1, 0.15) is 12.1 Å². The van der Waals surface area contributed by atoms with Crippen molar-refractivity contribution >= 4 is 22.8 Å². The van der Waals surface area contributed by atoms with E-state index >= 15 is 0 Å². The van der Waals surface area contributed by atoms with E-state index in [1.807, 2.05) is 13.8 Å². The van der Waals surface area contributed by atoms with Crippen molar-refractivity contribution in [2.75, 3.05) is 0 Å². The molecule has 1 aromatic heterocycles. The van der Waals surface area contributed by atoms with Gasteiger partial charge in [-0.3, -0.25) is 9.59 Å². The van der Waals surface area contributed by atoms with Gasteiger partial charge in [-0.25, -0.2) is 14.2 Å². The minimum absolute atomic E-state index is 0.292. The van der Waals surface area contributed by atoms with Gasteiger partial charge in [0.15, 0.2) is 0 Å². The number of carboxylic acids is 1. The zero-order valence-corrected chi connectivity index (χ0v) is 16.6. The van der Waals surface area contributed by atoms with Crippen molar-refractivity contribution in [1.82, 2.24) is 14.9 Å². The van der Waals surface area contributed by atoms with Crippen LogP contribution in [-0.4, -0.2) is 32.6 Å². The van der Waals surface area contributed by atoms with E-state index in [9.17, 15) is 24.3 Å². The van der Waals surface area contributed by atoms with Gasteiger partial charge in [-0.05, 0) is 24.0 Å². The Labute approximate surface area is 162 Å². The van der Waals surface area contributed by atoms with Gasteiger partial charge in [-0.2, -0.15) is 0 Å². The summed E-state index contributed by atoms with van der Waals surface area (Å²) in [6, 6.07) is 4.36. The number of para-hydroxylation sites is 1. The highest BCUT2D eigenvalue weighted by atomic mass is 16.4. The third-order valence-corrected chi connectivity index (χ3v) is 5.34. The summed E-state index contributed by atoms with van der Waals surface area (Å²) < 4.78 is 0.904. The van der Waals surface area contributed by atoms with Gasteiger partial charge in [0.05, 0.1) is 10.9 Å². The van der Waals surface area contributed by atoms with Crippen LogP contribution in [0, 0.1) is 11.8 Å². The quantitative estimate of drug-likeness (QED) is 0.637. The molecule has 2 rings (SSSR count). The fourth-order valence-electron chi connectivity index (χ4n) is 3.20. The first-order valence-corrected chi connectivity index (χ1v) is 9.49. The fraction of sp³-hybridized carbons (Fsp3) is 0.500. The average molecular weight is 389 g/mol. The van der Waals surface area contributed by atoms with Crippen LogP contribution in [0.1, 0.15) is 46.6 Å². The lowest BCUT2D eigenvalue weighted by molar-refractivity contribution is -0.144. The van der Waals surface area contributed by atoms with Crippen molar-refractivity contribution in [1.29, 1.82) is 0 Å². The van der Waals surface area contributed by atoms with Crippen molar-refractivity contribution in [3.63, 3.8) is 0 Å². The molecule has 0 fully saturated rings. The van der Waals surface area contributed by atoms with Crippen LogP contribution in [0.2, 0.25) is 0 Å². The Bertz CT molecular complexity index is 978. The highest BCUT2D eigenvalue weighted by Crippen LogP contribution is 2.20. The Kier molecular flexibility index (Phi) is 6.77. The summed E-state index contributed by atoms with van der Waals surface area (Å²) in [7, 11) is 0. The highest BCUT2D eigenvalue weighted by Gasteiger charge is 2.33. The molecule has 0 unspecified atom stereocenters. The van der Waals surface area contributed by atoms with E-state index in [2.05, 4.69) is 10.3 Å².